The number of halogens is 1. The lowest BCUT2D eigenvalue weighted by atomic mass is 9.78. The molecule has 2 aromatic rings. The van der Waals surface area contributed by atoms with Crippen LogP contribution in [0.3, 0.4) is 0 Å². The van der Waals surface area contributed by atoms with Gasteiger partial charge in [-0.1, -0.05) is 11.6 Å². The quantitative estimate of drug-likeness (QED) is 0.769. The Morgan fingerprint density at radius 1 is 1.14 bits per heavy atom. The molecule has 1 aromatic carbocycles. The number of aryl methyl sites for hydroxylation is 1. The standard InChI is InChI=1S/C22H25ClN2O4/c1-13-18(23)7-8-21(24-13)25-11-15-9-19(26)20(10-16(15)12-25)29-17-5-3-14(4-6-17)22(27)28-2/h3-8,15-16,19-20,26H,9-12H2,1-2H3/t15-,16+,19+,20+/m0/s1. The number of aliphatic hydroxyl groups is 1. The van der Waals surface area contributed by atoms with Crippen LogP contribution in [0.2, 0.25) is 5.02 Å². The lowest BCUT2D eigenvalue weighted by molar-refractivity contribution is -0.0231. The van der Waals surface area contributed by atoms with Crippen molar-refractivity contribution in [2.75, 3.05) is 25.1 Å². The van der Waals surface area contributed by atoms with Crippen molar-refractivity contribution in [2.45, 2.75) is 32.0 Å². The normalized spacial score (nSPS) is 26.1. The summed E-state index contributed by atoms with van der Waals surface area (Å²) in [7, 11) is 1.35. The third-order valence-electron chi connectivity index (χ3n) is 5.98. The van der Waals surface area contributed by atoms with Crippen LogP contribution in [-0.2, 0) is 4.74 Å². The highest BCUT2D eigenvalue weighted by Gasteiger charge is 2.43. The Labute approximate surface area is 175 Å². The molecule has 0 radical (unpaired) electrons. The van der Waals surface area contributed by atoms with Crippen LogP contribution < -0.4 is 9.64 Å². The highest BCUT2D eigenvalue weighted by molar-refractivity contribution is 6.31. The van der Waals surface area contributed by atoms with E-state index in [4.69, 9.17) is 21.1 Å². The fraction of sp³-hybridized carbons (Fsp3) is 0.455. The van der Waals surface area contributed by atoms with Crippen LogP contribution >= 0.6 is 11.6 Å². The second kappa shape index (κ2) is 8.20. The number of aliphatic hydroxyl groups excluding tert-OH is 1. The minimum Gasteiger partial charge on any atom is -0.488 e. The molecule has 1 saturated heterocycles. The number of pyridine rings is 1. The van der Waals surface area contributed by atoms with Gasteiger partial charge < -0.3 is 19.5 Å². The number of hydrogen-bond donors (Lipinski definition) is 1. The van der Waals surface area contributed by atoms with Gasteiger partial charge in [0.2, 0.25) is 0 Å². The van der Waals surface area contributed by atoms with Crippen molar-refractivity contribution >= 4 is 23.4 Å². The Morgan fingerprint density at radius 2 is 1.83 bits per heavy atom. The number of carbonyl (C=O) groups excluding carboxylic acids is 1. The molecule has 0 amide bonds. The Kier molecular flexibility index (Phi) is 5.65. The molecule has 4 rings (SSSR count). The minimum atomic E-state index is -0.517. The summed E-state index contributed by atoms with van der Waals surface area (Å²) in [4.78, 5) is 18.4. The van der Waals surface area contributed by atoms with Gasteiger partial charge in [-0.05, 0) is 68.0 Å². The zero-order valence-electron chi connectivity index (χ0n) is 16.5. The number of methoxy groups -OCH3 is 1. The number of rotatable bonds is 4. The summed E-state index contributed by atoms with van der Waals surface area (Å²) in [5, 5.41) is 11.3. The number of nitrogens with zero attached hydrogens (tertiary/aromatic N) is 2. The molecule has 1 saturated carbocycles. The zero-order chi connectivity index (χ0) is 20.5. The molecule has 2 heterocycles. The average molecular weight is 417 g/mol. The monoisotopic (exact) mass is 416 g/mol. The number of aromatic nitrogens is 1. The summed E-state index contributed by atoms with van der Waals surface area (Å²) in [6.07, 6.45) is 0.711. The number of fused-ring (bicyclic) bond motifs is 1. The highest BCUT2D eigenvalue weighted by Crippen LogP contribution is 2.39. The first-order chi connectivity index (χ1) is 13.9. The minimum absolute atomic E-state index is 0.264. The van der Waals surface area contributed by atoms with Crippen LogP contribution in [0.25, 0.3) is 0 Å². The van der Waals surface area contributed by atoms with Crippen LogP contribution in [0, 0.1) is 18.8 Å². The summed E-state index contributed by atoms with van der Waals surface area (Å²) in [5.41, 5.74) is 1.30. The van der Waals surface area contributed by atoms with Crippen LogP contribution in [0.4, 0.5) is 5.82 Å². The predicted molar refractivity (Wildman–Crippen MR) is 111 cm³/mol. The average Bonchev–Trinajstić information content (AvgIpc) is 3.13. The van der Waals surface area contributed by atoms with Gasteiger partial charge in [0, 0.05) is 13.1 Å². The molecule has 154 valence electrons. The summed E-state index contributed by atoms with van der Waals surface area (Å²) < 4.78 is 10.8. The highest BCUT2D eigenvalue weighted by atomic mass is 35.5. The SMILES string of the molecule is COC(=O)c1ccc(O[C@@H]2C[C@@H]3CN(c4ccc(Cl)c(C)n4)C[C@@H]3C[C@H]2O)cc1. The zero-order valence-corrected chi connectivity index (χ0v) is 17.3. The molecule has 4 atom stereocenters. The number of carbonyl (C=O) groups is 1. The van der Waals surface area contributed by atoms with Gasteiger partial charge >= 0.3 is 5.97 Å². The molecule has 7 heteroatoms. The smallest absolute Gasteiger partial charge is 0.337 e. The molecule has 0 unspecified atom stereocenters. The van der Waals surface area contributed by atoms with Crippen molar-refractivity contribution in [1.82, 2.24) is 4.98 Å². The van der Waals surface area contributed by atoms with Gasteiger partial charge in [-0.3, -0.25) is 0 Å². The van der Waals surface area contributed by atoms with E-state index in [-0.39, 0.29) is 12.1 Å². The topological polar surface area (TPSA) is 71.9 Å². The maximum Gasteiger partial charge on any atom is 0.337 e. The fourth-order valence-corrected chi connectivity index (χ4v) is 4.48. The molecule has 1 aliphatic heterocycles. The molecule has 2 aliphatic rings. The van der Waals surface area contributed by atoms with E-state index >= 15 is 0 Å². The number of benzene rings is 1. The van der Waals surface area contributed by atoms with E-state index in [1.807, 2.05) is 19.1 Å². The summed E-state index contributed by atoms with van der Waals surface area (Å²) in [6, 6.07) is 10.7. The van der Waals surface area contributed by atoms with E-state index < -0.39 is 6.10 Å². The molecule has 29 heavy (non-hydrogen) atoms. The number of hydrogen-bond acceptors (Lipinski definition) is 6. The van der Waals surface area contributed by atoms with Crippen molar-refractivity contribution in [1.29, 1.82) is 0 Å². The molecule has 1 aromatic heterocycles. The van der Waals surface area contributed by atoms with Crippen LogP contribution in [-0.4, -0.2) is 48.5 Å². The van der Waals surface area contributed by atoms with Crippen molar-refractivity contribution < 1.29 is 19.4 Å². The number of esters is 1. The first kappa shape index (κ1) is 20.0. The summed E-state index contributed by atoms with van der Waals surface area (Å²) in [6.45, 7) is 3.69. The molecule has 0 spiro atoms. The van der Waals surface area contributed by atoms with E-state index in [0.717, 1.165) is 31.0 Å². The molecule has 6 nitrogen and oxygen atoms in total. The van der Waals surface area contributed by atoms with Crippen molar-refractivity contribution in [3.8, 4) is 5.75 Å². The van der Waals surface area contributed by atoms with E-state index in [0.29, 0.717) is 34.6 Å². The second-order valence-electron chi connectivity index (χ2n) is 7.87. The lowest BCUT2D eigenvalue weighted by Gasteiger charge is -2.35. The van der Waals surface area contributed by atoms with Gasteiger partial charge in [-0.25, -0.2) is 9.78 Å². The molecule has 1 aliphatic carbocycles. The summed E-state index contributed by atoms with van der Waals surface area (Å²) >= 11 is 6.10. The Balaban J connectivity index is 1.41. The molecule has 2 fully saturated rings. The number of ether oxygens (including phenoxy) is 2. The maximum absolute atomic E-state index is 11.6. The molecular formula is C22H25ClN2O4. The van der Waals surface area contributed by atoms with Crippen molar-refractivity contribution in [3.05, 3.63) is 52.7 Å². The maximum atomic E-state index is 11.6. The van der Waals surface area contributed by atoms with E-state index in [1.54, 1.807) is 24.3 Å². The van der Waals surface area contributed by atoms with Gasteiger partial charge in [0.15, 0.2) is 0 Å². The van der Waals surface area contributed by atoms with Crippen molar-refractivity contribution in [2.24, 2.45) is 11.8 Å². The van der Waals surface area contributed by atoms with Gasteiger partial charge in [-0.15, -0.1) is 0 Å². The molecular weight excluding hydrogens is 392 g/mol. The Bertz CT molecular complexity index is 889. The van der Waals surface area contributed by atoms with E-state index in [9.17, 15) is 9.90 Å². The number of anilines is 1. The van der Waals surface area contributed by atoms with Gasteiger partial charge in [0.1, 0.15) is 17.7 Å². The Hall–Kier alpha value is -2.31. The van der Waals surface area contributed by atoms with Gasteiger partial charge in [0.05, 0.1) is 29.5 Å². The molecule has 1 N–H and O–H groups in total. The van der Waals surface area contributed by atoms with E-state index in [1.165, 1.54) is 7.11 Å². The Morgan fingerprint density at radius 3 is 2.48 bits per heavy atom. The third kappa shape index (κ3) is 4.19. The largest absolute Gasteiger partial charge is 0.488 e. The molecule has 0 bridgehead atoms. The van der Waals surface area contributed by atoms with Crippen LogP contribution in [0.1, 0.15) is 28.9 Å². The first-order valence-corrected chi connectivity index (χ1v) is 10.2. The van der Waals surface area contributed by atoms with Gasteiger partial charge in [-0.2, -0.15) is 0 Å². The van der Waals surface area contributed by atoms with Crippen LogP contribution in [0.15, 0.2) is 36.4 Å². The van der Waals surface area contributed by atoms with Crippen LogP contribution in [0.5, 0.6) is 5.75 Å². The van der Waals surface area contributed by atoms with E-state index in [2.05, 4.69) is 9.88 Å². The predicted octanol–water partition coefficient (Wildman–Crippen LogP) is 3.48. The third-order valence-corrected chi connectivity index (χ3v) is 6.38. The second-order valence-corrected chi connectivity index (χ2v) is 8.28. The van der Waals surface area contributed by atoms with Gasteiger partial charge in [0.25, 0.3) is 0 Å². The lowest BCUT2D eigenvalue weighted by Crippen LogP contribution is -2.42. The van der Waals surface area contributed by atoms with Crippen molar-refractivity contribution in [3.63, 3.8) is 0 Å². The first-order valence-electron chi connectivity index (χ1n) is 9.85. The summed E-state index contributed by atoms with van der Waals surface area (Å²) in [5.74, 6) is 2.06. The fourth-order valence-electron chi connectivity index (χ4n) is 4.37.